The Morgan fingerprint density at radius 3 is 2.83 bits per heavy atom. The zero-order valence-electron chi connectivity index (χ0n) is 15.6. The predicted octanol–water partition coefficient (Wildman–Crippen LogP) is 2.67. The number of rotatable bonds is 4. The van der Waals surface area contributed by atoms with Crippen molar-refractivity contribution in [3.63, 3.8) is 0 Å². The maximum Gasteiger partial charge on any atom is 0.272 e. The largest absolute Gasteiger partial charge is 0.353 e. The van der Waals surface area contributed by atoms with Crippen LogP contribution in [0.2, 0.25) is 0 Å². The fraction of sp³-hybridized carbons (Fsp3) is 0.190. The number of benzene rings is 1. The summed E-state index contributed by atoms with van der Waals surface area (Å²) in [6, 6.07) is 11.7. The molecule has 29 heavy (non-hydrogen) atoms. The lowest BCUT2D eigenvalue weighted by Crippen LogP contribution is -2.37. The van der Waals surface area contributed by atoms with Crippen LogP contribution in [0.15, 0.2) is 67.3 Å². The molecule has 1 N–H and O–H groups in total. The molecule has 0 aliphatic carbocycles. The average Bonchev–Trinajstić information content (AvgIpc) is 3.48. The second-order valence-electron chi connectivity index (χ2n) is 7.08. The molecule has 7 nitrogen and oxygen atoms in total. The molecule has 1 fully saturated rings. The number of carbonyl (C=O) groups excluding carboxylic acids is 1. The van der Waals surface area contributed by atoms with Crippen LogP contribution in [0.4, 0.5) is 10.2 Å². The summed E-state index contributed by atoms with van der Waals surface area (Å²) in [6.45, 7) is 1.52. The fourth-order valence-electron chi connectivity index (χ4n) is 3.71. The first-order valence-electron chi connectivity index (χ1n) is 9.46. The molecule has 1 aliphatic heterocycles. The van der Waals surface area contributed by atoms with Gasteiger partial charge in [-0.05, 0) is 48.9 Å². The summed E-state index contributed by atoms with van der Waals surface area (Å²) in [7, 11) is 0. The van der Waals surface area contributed by atoms with E-state index in [1.165, 1.54) is 12.1 Å². The summed E-state index contributed by atoms with van der Waals surface area (Å²) in [6.07, 6.45) is 8.24. The van der Waals surface area contributed by atoms with Crippen LogP contribution in [0.25, 0.3) is 11.2 Å². The van der Waals surface area contributed by atoms with Crippen molar-refractivity contribution in [2.24, 2.45) is 0 Å². The number of amides is 1. The van der Waals surface area contributed by atoms with Crippen molar-refractivity contribution in [3.05, 3.63) is 78.8 Å². The van der Waals surface area contributed by atoms with Crippen LogP contribution < -0.4 is 10.2 Å². The highest BCUT2D eigenvalue weighted by molar-refractivity contribution is 5.92. The van der Waals surface area contributed by atoms with Crippen molar-refractivity contribution in [1.82, 2.24) is 24.5 Å². The molecule has 4 aromatic rings. The number of hydrogen-bond acceptors (Lipinski definition) is 4. The van der Waals surface area contributed by atoms with Gasteiger partial charge in [-0.25, -0.2) is 14.1 Å². The number of hydrogen-bond donors (Lipinski definition) is 1. The van der Waals surface area contributed by atoms with E-state index in [4.69, 9.17) is 0 Å². The van der Waals surface area contributed by atoms with Gasteiger partial charge < -0.3 is 14.6 Å². The molecule has 0 saturated carbocycles. The van der Waals surface area contributed by atoms with E-state index in [1.54, 1.807) is 35.3 Å². The van der Waals surface area contributed by atoms with Crippen LogP contribution in [0.1, 0.15) is 16.9 Å². The van der Waals surface area contributed by atoms with E-state index >= 15 is 0 Å². The Bertz CT molecular complexity index is 1170. The lowest BCUT2D eigenvalue weighted by Gasteiger charge is -2.18. The van der Waals surface area contributed by atoms with E-state index in [9.17, 15) is 9.18 Å². The average molecular weight is 390 g/mol. The van der Waals surface area contributed by atoms with Crippen molar-refractivity contribution in [2.45, 2.75) is 12.5 Å². The van der Waals surface area contributed by atoms with E-state index in [2.05, 4.69) is 20.3 Å². The Balaban J connectivity index is 1.26. The number of fused-ring (bicyclic) bond motifs is 1. The van der Waals surface area contributed by atoms with Gasteiger partial charge >= 0.3 is 0 Å². The van der Waals surface area contributed by atoms with Gasteiger partial charge in [-0.3, -0.25) is 4.79 Å². The van der Waals surface area contributed by atoms with Crippen molar-refractivity contribution >= 4 is 17.2 Å². The van der Waals surface area contributed by atoms with E-state index < -0.39 is 0 Å². The van der Waals surface area contributed by atoms with E-state index in [0.29, 0.717) is 17.9 Å². The Labute approximate surface area is 166 Å². The van der Waals surface area contributed by atoms with Crippen LogP contribution in [-0.4, -0.2) is 44.2 Å². The number of anilines is 1. The van der Waals surface area contributed by atoms with Crippen LogP contribution >= 0.6 is 0 Å². The van der Waals surface area contributed by atoms with Gasteiger partial charge in [0.2, 0.25) is 0 Å². The van der Waals surface area contributed by atoms with Crippen LogP contribution in [0, 0.1) is 5.82 Å². The van der Waals surface area contributed by atoms with Gasteiger partial charge in [-0.2, -0.15) is 5.10 Å². The third-order valence-corrected chi connectivity index (χ3v) is 5.17. The van der Waals surface area contributed by atoms with Gasteiger partial charge in [0.25, 0.3) is 5.91 Å². The van der Waals surface area contributed by atoms with Gasteiger partial charge in [0.15, 0.2) is 11.5 Å². The number of nitrogens with one attached hydrogen (secondary N) is 1. The number of aromatic nitrogens is 4. The highest BCUT2D eigenvalue weighted by atomic mass is 19.1. The molecule has 0 unspecified atom stereocenters. The predicted molar refractivity (Wildman–Crippen MR) is 107 cm³/mol. The minimum absolute atomic E-state index is 0.0236. The smallest absolute Gasteiger partial charge is 0.272 e. The molecule has 1 atom stereocenters. The quantitative estimate of drug-likeness (QED) is 0.582. The van der Waals surface area contributed by atoms with Crippen molar-refractivity contribution in [1.29, 1.82) is 0 Å². The molecule has 0 bridgehead atoms. The molecular formula is C21H19FN6O. The molecule has 1 aromatic carbocycles. The van der Waals surface area contributed by atoms with Gasteiger partial charge in [-0.15, -0.1) is 0 Å². The second-order valence-corrected chi connectivity index (χ2v) is 7.08. The summed E-state index contributed by atoms with van der Waals surface area (Å²) in [4.78, 5) is 19.3. The Morgan fingerprint density at radius 1 is 1.10 bits per heavy atom. The standard InChI is InChI=1S/C21H19FN6O/c22-15-3-5-17(6-4-15)28-12-8-18(25-28)21(29)24-16-7-11-27(14-16)20-19-2-1-10-26(19)13-9-23-20/h1-6,8-10,12-13,16H,7,11,14H2,(H,24,29)/t16-/m0/s1. The third-order valence-electron chi connectivity index (χ3n) is 5.17. The van der Waals surface area contributed by atoms with Crippen LogP contribution in [0.5, 0.6) is 0 Å². The molecule has 146 valence electrons. The van der Waals surface area contributed by atoms with E-state index in [1.807, 2.05) is 28.9 Å². The van der Waals surface area contributed by atoms with Gasteiger partial charge in [0.1, 0.15) is 5.82 Å². The van der Waals surface area contributed by atoms with E-state index in [0.717, 1.165) is 24.3 Å². The first-order valence-corrected chi connectivity index (χ1v) is 9.46. The molecule has 4 heterocycles. The molecule has 1 saturated heterocycles. The third kappa shape index (κ3) is 3.33. The maximum atomic E-state index is 13.1. The zero-order valence-corrected chi connectivity index (χ0v) is 15.6. The minimum Gasteiger partial charge on any atom is -0.353 e. The van der Waals surface area contributed by atoms with Crippen molar-refractivity contribution in [3.8, 4) is 5.69 Å². The SMILES string of the molecule is O=C(N[C@H]1CCN(c2nccn3cccc23)C1)c1ccn(-c2ccc(F)cc2)n1. The highest BCUT2D eigenvalue weighted by Crippen LogP contribution is 2.23. The van der Waals surface area contributed by atoms with Crippen molar-refractivity contribution < 1.29 is 9.18 Å². The van der Waals surface area contributed by atoms with Gasteiger partial charge in [-0.1, -0.05) is 0 Å². The number of nitrogens with zero attached hydrogens (tertiary/aromatic N) is 5. The topological polar surface area (TPSA) is 67.5 Å². The monoisotopic (exact) mass is 390 g/mol. The van der Waals surface area contributed by atoms with Gasteiger partial charge in [0.05, 0.1) is 11.2 Å². The molecule has 3 aromatic heterocycles. The van der Waals surface area contributed by atoms with Gasteiger partial charge in [0, 0.05) is 43.9 Å². The molecule has 1 aliphatic rings. The second kappa shape index (κ2) is 7.05. The minimum atomic E-state index is -0.310. The fourth-order valence-corrected chi connectivity index (χ4v) is 3.71. The summed E-state index contributed by atoms with van der Waals surface area (Å²) >= 11 is 0. The molecular weight excluding hydrogens is 371 g/mol. The summed E-state index contributed by atoms with van der Waals surface area (Å²) in [5, 5.41) is 7.38. The molecule has 1 amide bonds. The molecule has 0 spiro atoms. The maximum absolute atomic E-state index is 13.1. The lowest BCUT2D eigenvalue weighted by molar-refractivity contribution is 0.0935. The first kappa shape index (κ1) is 17.4. The zero-order chi connectivity index (χ0) is 19.8. The summed E-state index contributed by atoms with van der Waals surface area (Å²) < 4.78 is 16.7. The molecule has 8 heteroatoms. The summed E-state index contributed by atoms with van der Waals surface area (Å²) in [5.41, 5.74) is 2.08. The van der Waals surface area contributed by atoms with Crippen LogP contribution in [-0.2, 0) is 0 Å². The Kier molecular flexibility index (Phi) is 4.23. The van der Waals surface area contributed by atoms with E-state index in [-0.39, 0.29) is 17.8 Å². The van der Waals surface area contributed by atoms with Crippen molar-refractivity contribution in [2.75, 3.05) is 18.0 Å². The molecule has 0 radical (unpaired) electrons. The molecule has 5 rings (SSSR count). The Hall–Kier alpha value is -3.68. The Morgan fingerprint density at radius 2 is 1.97 bits per heavy atom. The lowest BCUT2D eigenvalue weighted by atomic mass is 10.2. The summed E-state index contributed by atoms with van der Waals surface area (Å²) in [5.74, 6) is 0.399. The normalized spacial score (nSPS) is 16.4. The first-order chi connectivity index (χ1) is 14.2. The number of halogens is 1. The highest BCUT2D eigenvalue weighted by Gasteiger charge is 2.27. The number of carbonyl (C=O) groups is 1. The van der Waals surface area contributed by atoms with Crippen LogP contribution in [0.3, 0.4) is 0 Å².